The van der Waals surface area contributed by atoms with Crippen LogP contribution in [0.2, 0.25) is 0 Å². The lowest BCUT2D eigenvalue weighted by Crippen LogP contribution is -2.51. The number of hydrogen-bond donors (Lipinski definition) is 1. The highest BCUT2D eigenvalue weighted by atomic mass is 16.6. The van der Waals surface area contributed by atoms with Gasteiger partial charge in [0.2, 0.25) is 0 Å². The minimum atomic E-state index is 0.00283. The van der Waals surface area contributed by atoms with Crippen LogP contribution in [0.25, 0.3) is 0 Å². The summed E-state index contributed by atoms with van der Waals surface area (Å²) < 4.78 is 17.3. The van der Waals surface area contributed by atoms with Gasteiger partial charge in [-0.1, -0.05) is 0 Å². The van der Waals surface area contributed by atoms with Crippen molar-refractivity contribution in [1.82, 2.24) is 10.2 Å². The second-order valence-corrected chi connectivity index (χ2v) is 6.12. The van der Waals surface area contributed by atoms with Gasteiger partial charge in [0.15, 0.2) is 0 Å². The minimum absolute atomic E-state index is 0.00283. The number of rotatable bonds is 3. The topological polar surface area (TPSA) is 43.0 Å². The largest absolute Gasteiger partial charge is 0.378 e. The fourth-order valence-corrected chi connectivity index (χ4v) is 3.45. The van der Waals surface area contributed by atoms with Crippen LogP contribution in [0, 0.1) is 0 Å². The summed E-state index contributed by atoms with van der Waals surface area (Å²) in [4.78, 5) is 2.46. The van der Waals surface area contributed by atoms with Crippen molar-refractivity contribution in [2.45, 2.75) is 37.0 Å². The lowest BCUT2D eigenvalue weighted by atomic mass is 9.89. The predicted octanol–water partition coefficient (Wildman–Crippen LogP) is 0.245. The maximum Gasteiger partial charge on any atom is 0.0951 e. The van der Waals surface area contributed by atoms with E-state index in [-0.39, 0.29) is 5.60 Å². The molecule has 19 heavy (non-hydrogen) atoms. The maximum absolute atomic E-state index is 6.00. The maximum atomic E-state index is 6.00. The van der Waals surface area contributed by atoms with Crippen molar-refractivity contribution in [2.24, 2.45) is 0 Å². The second kappa shape index (κ2) is 6.06. The SMILES string of the molecule is CN(CC1CNCCO1)C1CCOC2(CCOC2)C1. The first kappa shape index (κ1) is 13.8. The van der Waals surface area contributed by atoms with Gasteiger partial charge in [0.25, 0.3) is 0 Å². The molecule has 0 aliphatic carbocycles. The number of hydrogen-bond acceptors (Lipinski definition) is 5. The molecule has 110 valence electrons. The van der Waals surface area contributed by atoms with Crippen LogP contribution in [-0.2, 0) is 14.2 Å². The van der Waals surface area contributed by atoms with Crippen molar-refractivity contribution in [1.29, 1.82) is 0 Å². The fourth-order valence-electron chi connectivity index (χ4n) is 3.45. The Morgan fingerprint density at radius 2 is 2.26 bits per heavy atom. The molecule has 3 heterocycles. The second-order valence-electron chi connectivity index (χ2n) is 6.12. The van der Waals surface area contributed by atoms with Crippen LogP contribution in [-0.4, -0.2) is 75.8 Å². The van der Waals surface area contributed by atoms with Gasteiger partial charge in [0.05, 0.1) is 24.9 Å². The summed E-state index contributed by atoms with van der Waals surface area (Å²) in [7, 11) is 2.22. The van der Waals surface area contributed by atoms with Crippen LogP contribution < -0.4 is 5.32 Å². The molecule has 0 radical (unpaired) electrons. The van der Waals surface area contributed by atoms with Crippen molar-refractivity contribution in [3.63, 3.8) is 0 Å². The van der Waals surface area contributed by atoms with E-state index in [0.717, 1.165) is 65.3 Å². The van der Waals surface area contributed by atoms with E-state index in [1.54, 1.807) is 0 Å². The van der Waals surface area contributed by atoms with Crippen LogP contribution in [0.3, 0.4) is 0 Å². The molecule has 0 aromatic carbocycles. The van der Waals surface area contributed by atoms with Crippen molar-refractivity contribution >= 4 is 0 Å². The number of morpholine rings is 1. The molecular formula is C14H26N2O3. The highest BCUT2D eigenvalue weighted by Crippen LogP contribution is 2.34. The molecule has 1 N–H and O–H groups in total. The molecule has 3 atom stereocenters. The summed E-state index contributed by atoms with van der Waals surface area (Å²) in [5.74, 6) is 0. The molecule has 0 saturated carbocycles. The van der Waals surface area contributed by atoms with E-state index < -0.39 is 0 Å². The van der Waals surface area contributed by atoms with Crippen LogP contribution in [0.1, 0.15) is 19.3 Å². The molecule has 0 aromatic rings. The Bertz CT molecular complexity index is 288. The highest BCUT2D eigenvalue weighted by molar-refractivity contribution is 4.93. The molecular weight excluding hydrogens is 244 g/mol. The van der Waals surface area contributed by atoms with Gasteiger partial charge in [-0.2, -0.15) is 0 Å². The molecule has 3 saturated heterocycles. The first-order chi connectivity index (χ1) is 9.27. The average molecular weight is 270 g/mol. The zero-order valence-electron chi connectivity index (χ0n) is 11.9. The van der Waals surface area contributed by atoms with Crippen molar-refractivity contribution < 1.29 is 14.2 Å². The predicted molar refractivity (Wildman–Crippen MR) is 72.4 cm³/mol. The number of likely N-dealkylation sites (N-methyl/N-ethyl adjacent to an activating group) is 1. The van der Waals surface area contributed by atoms with Gasteiger partial charge in [-0.3, -0.25) is 0 Å². The third-order valence-corrected chi connectivity index (χ3v) is 4.65. The van der Waals surface area contributed by atoms with Crippen molar-refractivity contribution in [3.8, 4) is 0 Å². The average Bonchev–Trinajstić information content (AvgIpc) is 2.88. The molecule has 0 aromatic heterocycles. The Labute approximate surface area is 115 Å². The number of nitrogens with zero attached hydrogens (tertiary/aromatic N) is 1. The van der Waals surface area contributed by atoms with Crippen LogP contribution in [0.4, 0.5) is 0 Å². The monoisotopic (exact) mass is 270 g/mol. The summed E-state index contributed by atoms with van der Waals surface area (Å²) in [5, 5.41) is 3.40. The zero-order chi connectivity index (χ0) is 13.1. The van der Waals surface area contributed by atoms with E-state index in [9.17, 15) is 0 Å². The minimum Gasteiger partial charge on any atom is -0.378 e. The number of nitrogens with one attached hydrogen (secondary N) is 1. The lowest BCUT2D eigenvalue weighted by molar-refractivity contribution is -0.108. The van der Waals surface area contributed by atoms with Gasteiger partial charge >= 0.3 is 0 Å². The Morgan fingerprint density at radius 3 is 3.00 bits per heavy atom. The molecule has 0 amide bonds. The van der Waals surface area contributed by atoms with Crippen molar-refractivity contribution in [3.05, 3.63) is 0 Å². The van der Waals surface area contributed by atoms with E-state index in [0.29, 0.717) is 12.1 Å². The third-order valence-electron chi connectivity index (χ3n) is 4.65. The van der Waals surface area contributed by atoms with E-state index >= 15 is 0 Å². The summed E-state index contributed by atoms with van der Waals surface area (Å²) in [6.07, 6.45) is 3.61. The Kier molecular flexibility index (Phi) is 4.39. The van der Waals surface area contributed by atoms with E-state index in [1.807, 2.05) is 0 Å². The Hall–Kier alpha value is -0.200. The summed E-state index contributed by atoms with van der Waals surface area (Å²) in [6.45, 7) is 6.30. The zero-order valence-corrected chi connectivity index (χ0v) is 11.9. The molecule has 3 aliphatic heterocycles. The van der Waals surface area contributed by atoms with E-state index in [4.69, 9.17) is 14.2 Å². The first-order valence-electron chi connectivity index (χ1n) is 7.52. The molecule has 5 nitrogen and oxygen atoms in total. The highest BCUT2D eigenvalue weighted by Gasteiger charge is 2.42. The Morgan fingerprint density at radius 1 is 1.32 bits per heavy atom. The normalized spacial score (nSPS) is 40.1. The quantitative estimate of drug-likeness (QED) is 0.796. The molecule has 0 bridgehead atoms. The van der Waals surface area contributed by atoms with Gasteiger partial charge < -0.3 is 24.4 Å². The summed E-state index contributed by atoms with van der Waals surface area (Å²) in [5.41, 5.74) is 0.00283. The first-order valence-corrected chi connectivity index (χ1v) is 7.52. The van der Waals surface area contributed by atoms with Crippen LogP contribution in [0.5, 0.6) is 0 Å². The summed E-state index contributed by atoms with van der Waals surface area (Å²) >= 11 is 0. The van der Waals surface area contributed by atoms with Crippen molar-refractivity contribution in [2.75, 3.05) is 53.1 Å². The molecule has 3 aliphatic rings. The van der Waals surface area contributed by atoms with Gasteiger partial charge in [0, 0.05) is 45.3 Å². The van der Waals surface area contributed by atoms with Gasteiger partial charge in [-0.05, 0) is 19.9 Å². The van der Waals surface area contributed by atoms with Crippen LogP contribution >= 0.6 is 0 Å². The van der Waals surface area contributed by atoms with E-state index in [1.165, 1.54) is 0 Å². The Balaban J connectivity index is 1.52. The lowest BCUT2D eigenvalue weighted by Gasteiger charge is -2.42. The molecule has 1 spiro atoms. The van der Waals surface area contributed by atoms with Gasteiger partial charge in [-0.15, -0.1) is 0 Å². The molecule has 5 heteroatoms. The smallest absolute Gasteiger partial charge is 0.0951 e. The molecule has 3 unspecified atom stereocenters. The third kappa shape index (κ3) is 3.28. The fraction of sp³-hybridized carbons (Fsp3) is 1.00. The number of ether oxygens (including phenoxy) is 3. The molecule has 3 fully saturated rings. The molecule has 3 rings (SSSR count). The summed E-state index contributed by atoms with van der Waals surface area (Å²) in [6, 6.07) is 0.598. The van der Waals surface area contributed by atoms with Gasteiger partial charge in [0.1, 0.15) is 0 Å². The van der Waals surface area contributed by atoms with Crippen LogP contribution in [0.15, 0.2) is 0 Å². The standard InChI is InChI=1S/C14H26N2O3/c1-16(10-13-9-15-4-7-18-13)12-2-5-19-14(8-12)3-6-17-11-14/h12-13,15H,2-11H2,1H3. The van der Waals surface area contributed by atoms with Gasteiger partial charge in [-0.25, -0.2) is 0 Å². The van der Waals surface area contributed by atoms with E-state index in [2.05, 4.69) is 17.3 Å².